The first-order chi connectivity index (χ1) is 51.5. The van der Waals surface area contributed by atoms with Crippen LogP contribution in [0, 0.1) is 13.8 Å². The number of aromatic nitrogens is 6. The third-order valence-corrected chi connectivity index (χ3v) is 18.0. The van der Waals surface area contributed by atoms with Gasteiger partial charge in [-0.25, -0.2) is 4.98 Å². The molecule has 0 saturated heterocycles. The van der Waals surface area contributed by atoms with E-state index in [2.05, 4.69) is 201 Å². The Balaban J connectivity index is 0.000000261. The van der Waals surface area contributed by atoms with Crippen molar-refractivity contribution in [3.63, 3.8) is 0 Å². The summed E-state index contributed by atoms with van der Waals surface area (Å²) in [5.74, 6) is 0.616. The molecule has 0 spiro atoms. The van der Waals surface area contributed by atoms with Crippen molar-refractivity contribution in [1.29, 1.82) is 0 Å². The maximum Gasteiger partial charge on any atom is 0.569 e. The van der Waals surface area contributed by atoms with E-state index in [0.29, 0.717) is 24.1 Å². The van der Waals surface area contributed by atoms with Crippen molar-refractivity contribution in [2.24, 2.45) is 0 Å². The minimum Gasteiger partial charge on any atom is -0.537 e. The van der Waals surface area contributed by atoms with Gasteiger partial charge >= 0.3 is 14.8 Å². The van der Waals surface area contributed by atoms with Gasteiger partial charge in [-0.3, -0.25) is 24.9 Å². The monoisotopic (exact) mass is 2090 g/mol. The predicted octanol–water partition coefficient (Wildman–Crippen LogP) is 24.5. The summed E-state index contributed by atoms with van der Waals surface area (Å²) in [6.07, 6.45) is 10.7. The Kier molecular flexibility index (Phi) is 47.2. The third-order valence-electron chi connectivity index (χ3n) is 14.2. The standard InChI is InChI=1S/C17H12ClN.2C12H11N.2C11H8BrN.C6H5BBrO2.C6H6BBrO2.C6H4BrCl.C5H4ClN.3Pd/c18-16-9-2-1-8-15(16)13-6-5-7-14(12-13)17-10-3-4-11-19-17;1-10-5-4-6-11(9-10)12-7-2-3-8-13-12;1-10-5-7-11(8-6-10)12-4-2-3-9-13-12;12-10-5-3-4-9(8-10)11-6-1-2-7-13-11;12-10-6-4-9(5-7-10)11-3-1-2-8-13-11;8-5-1-3-6(4-2-5)10-7-9;8-6-3-1-2-5(4-6)7(9)10;7-5-3-1-2-4-6(5)8;6-5-3-1-2-4-7-5;;;/h1-12H;2*2-9H,1H3;2*1-8H;1-4,9H;1-4,9-10H;1-4H;1-4H;;;. The quantitative estimate of drug-likeness (QED) is 0.0942. The van der Waals surface area contributed by atoms with E-state index in [0.717, 1.165) is 88.7 Å². The van der Waals surface area contributed by atoms with Crippen LogP contribution < -0.4 is 10.1 Å². The second kappa shape index (κ2) is 54.6. The summed E-state index contributed by atoms with van der Waals surface area (Å²) in [5, 5.41) is 27.7. The largest absolute Gasteiger partial charge is 0.569 e. The van der Waals surface area contributed by atoms with E-state index in [-0.39, 0.29) is 61.3 Å². The molecule has 0 saturated carbocycles. The average molecular weight is 2100 g/mol. The van der Waals surface area contributed by atoms with E-state index in [1.165, 1.54) is 22.3 Å². The van der Waals surface area contributed by atoms with E-state index >= 15 is 0 Å². The first-order valence-electron chi connectivity index (χ1n) is 32.5. The van der Waals surface area contributed by atoms with E-state index in [9.17, 15) is 0 Å². The molecule has 0 atom stereocenters. The minimum absolute atomic E-state index is 0. The van der Waals surface area contributed by atoms with Gasteiger partial charge in [0.2, 0.25) is 0 Å². The van der Waals surface area contributed by atoms with Crippen molar-refractivity contribution in [3.8, 4) is 73.2 Å². The van der Waals surface area contributed by atoms with E-state index in [1.807, 2.05) is 231 Å². The van der Waals surface area contributed by atoms with E-state index < -0.39 is 7.12 Å². The summed E-state index contributed by atoms with van der Waals surface area (Å²) >= 11 is 33.9. The molecule has 23 heteroatoms. The first-order valence-corrected chi connectivity index (χ1v) is 37.6. The molecular formula is C86H69B2Br5Cl3N6O4Pd3. The molecule has 0 fully saturated rings. The van der Waals surface area contributed by atoms with Gasteiger partial charge < -0.3 is 19.7 Å². The van der Waals surface area contributed by atoms with Gasteiger partial charge in [-0.05, 0) is 205 Å². The van der Waals surface area contributed by atoms with Gasteiger partial charge in [0.1, 0.15) is 10.9 Å². The van der Waals surface area contributed by atoms with Gasteiger partial charge in [0.15, 0.2) is 0 Å². The topological polar surface area (TPSA) is 147 Å². The number of benzene rings is 9. The molecule has 15 rings (SSSR count). The molecule has 0 aliphatic carbocycles. The Bertz CT molecular complexity index is 4780. The number of hydrogen-bond acceptors (Lipinski definition) is 10. The maximum absolute atomic E-state index is 8.68. The van der Waals surface area contributed by atoms with Crippen LogP contribution in [0.25, 0.3) is 67.4 Å². The molecule has 3 N–H and O–H groups in total. The van der Waals surface area contributed by atoms with Crippen molar-refractivity contribution < 1.29 is 81.0 Å². The molecule has 10 nitrogen and oxygen atoms in total. The smallest absolute Gasteiger partial charge is 0.537 e. The van der Waals surface area contributed by atoms with Gasteiger partial charge in [-0.2, -0.15) is 0 Å². The van der Waals surface area contributed by atoms with Gasteiger partial charge in [0, 0.05) is 159 Å². The van der Waals surface area contributed by atoms with Crippen molar-refractivity contribution in [3.05, 3.63) is 413 Å². The zero-order valence-electron chi connectivity index (χ0n) is 58.2. The fourth-order valence-electron chi connectivity index (χ4n) is 9.03. The number of nitrogens with zero attached hydrogens (tertiary/aromatic N) is 6. The molecule has 0 amide bonds. The second-order valence-corrected chi connectivity index (χ2v) is 27.8. The number of pyridine rings is 6. The zero-order valence-corrected chi connectivity index (χ0v) is 73.1. The van der Waals surface area contributed by atoms with Crippen molar-refractivity contribution in [1.82, 2.24) is 29.9 Å². The van der Waals surface area contributed by atoms with Crippen molar-refractivity contribution in [2.45, 2.75) is 13.8 Å². The van der Waals surface area contributed by atoms with E-state index in [4.69, 9.17) is 49.9 Å². The molecule has 15 aromatic rings. The van der Waals surface area contributed by atoms with Gasteiger partial charge in [0.05, 0.1) is 33.5 Å². The van der Waals surface area contributed by atoms with Gasteiger partial charge in [-0.1, -0.05) is 273 Å². The Hall–Kier alpha value is -7.05. The van der Waals surface area contributed by atoms with Crippen LogP contribution in [0.15, 0.2) is 387 Å². The zero-order chi connectivity index (χ0) is 75.5. The average Bonchev–Trinajstić information content (AvgIpc) is 0.836. The summed E-state index contributed by atoms with van der Waals surface area (Å²) in [5.41, 5.74) is 16.0. The van der Waals surface area contributed by atoms with Crippen LogP contribution in [0.1, 0.15) is 11.1 Å². The molecule has 0 bridgehead atoms. The summed E-state index contributed by atoms with van der Waals surface area (Å²) < 4.78 is 9.62. The fourth-order valence-corrected chi connectivity index (χ4v) is 11.2. The summed E-state index contributed by atoms with van der Waals surface area (Å²) in [4.78, 5) is 25.2. The Morgan fingerprint density at radius 2 is 0.688 bits per heavy atom. The SMILES string of the molecule is Brc1ccc(-c2ccccn2)cc1.Brc1cccc(-c2ccccn2)c1.Cc1ccc(-c2ccccn2)cc1.Cc1cccc(-c2ccccn2)c1.Clc1ccccc1-c1cccc(-c2ccccn2)c1.Clc1ccccc1Br.Clc1ccccn1.OB(O)c1cccc(Br)c1.O[B]Oc1ccc(Br)cc1.[Pd].[Pd].[Pd]. The summed E-state index contributed by atoms with van der Waals surface area (Å²) in [6.45, 7) is 4.18. The first kappa shape index (κ1) is 94.3. The molecule has 9 aromatic carbocycles. The van der Waals surface area contributed by atoms with Crippen molar-refractivity contribution >= 4 is 135 Å². The fraction of sp³-hybridized carbons (Fsp3) is 0.0233. The van der Waals surface area contributed by atoms with Gasteiger partial charge in [-0.15, -0.1) is 0 Å². The van der Waals surface area contributed by atoms with Crippen molar-refractivity contribution in [2.75, 3.05) is 0 Å². The van der Waals surface area contributed by atoms with Gasteiger partial charge in [0.25, 0.3) is 0 Å². The molecular weight excluding hydrogens is 2030 g/mol. The Morgan fingerprint density at radius 1 is 0.312 bits per heavy atom. The molecule has 0 unspecified atom stereocenters. The van der Waals surface area contributed by atoms with Crippen LogP contribution in [-0.4, -0.2) is 59.8 Å². The number of rotatable bonds is 9. The number of aryl methyl sites for hydroxylation is 2. The molecule has 0 aliphatic rings. The Morgan fingerprint density at radius 3 is 1.06 bits per heavy atom. The third kappa shape index (κ3) is 36.8. The summed E-state index contributed by atoms with van der Waals surface area (Å²) in [6, 6.07) is 106. The van der Waals surface area contributed by atoms with Crippen LogP contribution in [0.3, 0.4) is 0 Å². The predicted molar refractivity (Wildman–Crippen MR) is 459 cm³/mol. The molecule has 1 radical (unpaired) electrons. The van der Waals surface area contributed by atoms with Crippen LogP contribution in [-0.2, 0) is 61.3 Å². The molecule has 109 heavy (non-hydrogen) atoms. The molecule has 559 valence electrons. The molecule has 6 heterocycles. The summed E-state index contributed by atoms with van der Waals surface area (Å²) in [7, 11) is -0.721. The Labute approximate surface area is 737 Å². The van der Waals surface area contributed by atoms with Crippen LogP contribution in [0.2, 0.25) is 15.2 Å². The molecule has 6 aromatic heterocycles. The number of hydrogen-bond donors (Lipinski definition) is 3. The number of halogens is 8. The maximum atomic E-state index is 8.68. The second-order valence-electron chi connectivity index (χ2n) is 22.1. The normalized spacial score (nSPS) is 9.48. The van der Waals surface area contributed by atoms with Crippen LogP contribution in [0.5, 0.6) is 5.75 Å². The molecule has 0 aliphatic heterocycles. The van der Waals surface area contributed by atoms with Crippen LogP contribution in [0.4, 0.5) is 0 Å². The minimum atomic E-state index is -1.38. The van der Waals surface area contributed by atoms with E-state index in [1.54, 1.807) is 61.2 Å². The van der Waals surface area contributed by atoms with Crippen LogP contribution >= 0.6 is 114 Å².